The van der Waals surface area contributed by atoms with Crippen LogP contribution in [0.15, 0.2) is 0 Å². The minimum absolute atomic E-state index is 0.116. The van der Waals surface area contributed by atoms with Crippen molar-refractivity contribution in [2.45, 2.75) is 45.5 Å². The molecule has 0 saturated heterocycles. The number of rotatable bonds is 1. The number of hydrogen-bond acceptors (Lipinski definition) is 2. The van der Waals surface area contributed by atoms with Crippen LogP contribution in [0.5, 0.6) is 0 Å². The zero-order chi connectivity index (χ0) is 11.8. The molecule has 0 bridgehead atoms. The van der Waals surface area contributed by atoms with Crippen molar-refractivity contribution >= 4 is 0 Å². The summed E-state index contributed by atoms with van der Waals surface area (Å²) in [6.45, 7) is 4.19. The number of halogens is 2. The summed E-state index contributed by atoms with van der Waals surface area (Å²) in [6.07, 6.45) is 2.01. The van der Waals surface area contributed by atoms with Crippen molar-refractivity contribution in [2.24, 2.45) is 11.8 Å². The van der Waals surface area contributed by atoms with Crippen LogP contribution >= 0.6 is 0 Å². The lowest BCUT2D eigenvalue weighted by Crippen LogP contribution is -2.23. The van der Waals surface area contributed by atoms with Crippen LogP contribution in [-0.4, -0.2) is 15.4 Å². The number of alkyl halides is 2. The summed E-state index contributed by atoms with van der Waals surface area (Å²) in [5.41, 5.74) is 0.366. The number of nitrogens with one attached hydrogen (secondary N) is 1. The summed E-state index contributed by atoms with van der Waals surface area (Å²) in [4.78, 5) is 0. The summed E-state index contributed by atoms with van der Waals surface area (Å²) in [7, 11) is 0. The van der Waals surface area contributed by atoms with E-state index in [1.165, 1.54) is 0 Å². The van der Waals surface area contributed by atoms with E-state index in [2.05, 4.69) is 29.3 Å². The summed E-state index contributed by atoms with van der Waals surface area (Å²) in [5, 5.41) is 9.62. The molecule has 1 aromatic heterocycles. The van der Waals surface area contributed by atoms with Gasteiger partial charge in [-0.15, -0.1) is 5.10 Å². The van der Waals surface area contributed by atoms with Crippen LogP contribution in [0.25, 0.3) is 0 Å². The van der Waals surface area contributed by atoms with E-state index in [1.807, 2.05) is 0 Å². The molecule has 0 amide bonds. The zero-order valence-electron chi connectivity index (χ0n) is 9.63. The molecule has 90 valence electrons. The zero-order valence-corrected chi connectivity index (χ0v) is 9.63. The SMILES string of the molecule is CC(C)C1CCc2[nH]nnc2C(F)(F)CC1. The highest BCUT2D eigenvalue weighted by atomic mass is 19.3. The molecule has 1 aliphatic rings. The molecule has 1 N–H and O–H groups in total. The normalized spacial score (nSPS) is 24.9. The summed E-state index contributed by atoms with van der Waals surface area (Å²) < 4.78 is 27.6. The monoisotopic (exact) mass is 229 g/mol. The van der Waals surface area contributed by atoms with Crippen molar-refractivity contribution in [2.75, 3.05) is 0 Å². The van der Waals surface area contributed by atoms with Gasteiger partial charge in [-0.1, -0.05) is 19.1 Å². The molecule has 0 spiro atoms. The molecule has 1 heterocycles. The van der Waals surface area contributed by atoms with Crippen molar-refractivity contribution in [3.63, 3.8) is 0 Å². The molecule has 1 aromatic rings. The summed E-state index contributed by atoms with van der Waals surface area (Å²) in [6, 6.07) is 0. The highest BCUT2D eigenvalue weighted by Crippen LogP contribution is 2.39. The lowest BCUT2D eigenvalue weighted by atomic mass is 9.83. The molecule has 2 rings (SSSR count). The number of H-pyrrole nitrogens is 1. The van der Waals surface area contributed by atoms with Crippen LogP contribution in [0.4, 0.5) is 8.78 Å². The number of nitrogens with zero attached hydrogens (tertiary/aromatic N) is 2. The van der Waals surface area contributed by atoms with E-state index in [1.54, 1.807) is 0 Å². The largest absolute Gasteiger partial charge is 0.293 e. The van der Waals surface area contributed by atoms with Gasteiger partial charge in [0, 0.05) is 6.42 Å². The second-order valence-corrected chi connectivity index (χ2v) is 4.92. The third kappa shape index (κ3) is 2.08. The molecule has 0 aromatic carbocycles. The molecular weight excluding hydrogens is 212 g/mol. The summed E-state index contributed by atoms with van der Waals surface area (Å²) >= 11 is 0. The van der Waals surface area contributed by atoms with Crippen molar-refractivity contribution in [3.8, 4) is 0 Å². The average molecular weight is 229 g/mol. The Morgan fingerprint density at radius 2 is 2.12 bits per heavy atom. The maximum atomic E-state index is 13.8. The molecule has 1 aliphatic carbocycles. The molecule has 5 heteroatoms. The number of aromatic amines is 1. The number of aromatic nitrogens is 3. The Balaban J connectivity index is 2.24. The lowest BCUT2D eigenvalue weighted by molar-refractivity contribution is -0.0286. The molecule has 0 radical (unpaired) electrons. The Kier molecular flexibility index (Phi) is 2.95. The summed E-state index contributed by atoms with van der Waals surface area (Å²) in [5.74, 6) is -2.01. The maximum Gasteiger partial charge on any atom is 0.293 e. The van der Waals surface area contributed by atoms with Crippen molar-refractivity contribution in [1.82, 2.24) is 15.4 Å². The van der Waals surface area contributed by atoms with Crippen LogP contribution in [0.3, 0.4) is 0 Å². The maximum absolute atomic E-state index is 13.8. The van der Waals surface area contributed by atoms with E-state index >= 15 is 0 Å². The highest BCUT2D eigenvalue weighted by molar-refractivity contribution is 5.15. The third-order valence-electron chi connectivity index (χ3n) is 3.50. The van der Waals surface area contributed by atoms with Crippen LogP contribution < -0.4 is 0 Å². The molecular formula is C11H17F2N3. The van der Waals surface area contributed by atoms with Gasteiger partial charge in [0.1, 0.15) is 0 Å². The van der Waals surface area contributed by atoms with E-state index in [0.29, 0.717) is 30.4 Å². The van der Waals surface area contributed by atoms with Crippen LogP contribution in [0.1, 0.15) is 44.5 Å². The van der Waals surface area contributed by atoms with Crippen molar-refractivity contribution in [1.29, 1.82) is 0 Å². The Hall–Kier alpha value is -1.00. The number of aryl methyl sites for hydroxylation is 1. The molecule has 3 nitrogen and oxygen atoms in total. The van der Waals surface area contributed by atoms with Crippen LogP contribution in [-0.2, 0) is 12.3 Å². The fraction of sp³-hybridized carbons (Fsp3) is 0.818. The van der Waals surface area contributed by atoms with E-state index < -0.39 is 5.92 Å². The van der Waals surface area contributed by atoms with Gasteiger partial charge in [-0.05, 0) is 31.1 Å². The Morgan fingerprint density at radius 3 is 2.81 bits per heavy atom. The first kappa shape index (κ1) is 11.5. The van der Waals surface area contributed by atoms with Gasteiger partial charge in [0.2, 0.25) is 0 Å². The smallest absolute Gasteiger partial charge is 0.262 e. The first-order valence-electron chi connectivity index (χ1n) is 5.79. The molecule has 0 saturated carbocycles. The highest BCUT2D eigenvalue weighted by Gasteiger charge is 2.39. The van der Waals surface area contributed by atoms with E-state index in [-0.39, 0.29) is 12.1 Å². The van der Waals surface area contributed by atoms with E-state index in [4.69, 9.17) is 0 Å². The quantitative estimate of drug-likeness (QED) is 0.804. The minimum Gasteiger partial charge on any atom is -0.262 e. The fourth-order valence-electron chi connectivity index (χ4n) is 2.34. The fourth-order valence-corrected chi connectivity index (χ4v) is 2.34. The Labute approximate surface area is 93.6 Å². The predicted octanol–water partition coefficient (Wildman–Crippen LogP) is 2.90. The Bertz CT molecular complexity index is 360. The average Bonchev–Trinajstić information content (AvgIpc) is 2.63. The van der Waals surface area contributed by atoms with E-state index in [0.717, 1.165) is 6.42 Å². The van der Waals surface area contributed by atoms with Crippen LogP contribution in [0, 0.1) is 11.8 Å². The second-order valence-electron chi connectivity index (χ2n) is 4.92. The number of hydrogen-bond donors (Lipinski definition) is 1. The van der Waals surface area contributed by atoms with Gasteiger partial charge in [0.15, 0.2) is 5.69 Å². The molecule has 16 heavy (non-hydrogen) atoms. The van der Waals surface area contributed by atoms with Gasteiger partial charge < -0.3 is 0 Å². The third-order valence-corrected chi connectivity index (χ3v) is 3.50. The van der Waals surface area contributed by atoms with Gasteiger partial charge in [-0.3, -0.25) is 5.10 Å². The van der Waals surface area contributed by atoms with Gasteiger partial charge >= 0.3 is 0 Å². The Morgan fingerprint density at radius 1 is 1.38 bits per heavy atom. The lowest BCUT2D eigenvalue weighted by Gasteiger charge is -2.26. The molecule has 1 atom stereocenters. The first-order chi connectivity index (χ1) is 7.50. The van der Waals surface area contributed by atoms with Crippen molar-refractivity contribution in [3.05, 3.63) is 11.4 Å². The first-order valence-corrected chi connectivity index (χ1v) is 5.79. The topological polar surface area (TPSA) is 41.6 Å². The van der Waals surface area contributed by atoms with Gasteiger partial charge in [0.25, 0.3) is 5.92 Å². The second kappa shape index (κ2) is 4.11. The van der Waals surface area contributed by atoms with Gasteiger partial charge in [-0.25, -0.2) is 0 Å². The van der Waals surface area contributed by atoms with Crippen LogP contribution in [0.2, 0.25) is 0 Å². The van der Waals surface area contributed by atoms with Gasteiger partial charge in [-0.2, -0.15) is 8.78 Å². The molecule has 0 fully saturated rings. The number of fused-ring (bicyclic) bond motifs is 1. The van der Waals surface area contributed by atoms with Gasteiger partial charge in [0.05, 0.1) is 5.69 Å². The molecule has 0 aliphatic heterocycles. The van der Waals surface area contributed by atoms with E-state index in [9.17, 15) is 8.78 Å². The standard InChI is InChI=1S/C11H17F2N3/c1-7(2)8-3-4-9-10(15-16-14-9)11(12,13)6-5-8/h7-8H,3-6H2,1-2H3,(H,14,15,16). The predicted molar refractivity (Wildman–Crippen MR) is 56.2 cm³/mol. The molecule has 1 unspecified atom stereocenters. The minimum atomic E-state index is -2.82. The van der Waals surface area contributed by atoms with Crippen molar-refractivity contribution < 1.29 is 8.78 Å².